The van der Waals surface area contributed by atoms with Gasteiger partial charge in [-0.1, -0.05) is 170 Å². The maximum atomic E-state index is 6.64. The van der Waals surface area contributed by atoms with Crippen molar-refractivity contribution in [2.75, 3.05) is 0 Å². The number of rotatable bonds is 2. The van der Waals surface area contributed by atoms with Crippen LogP contribution in [0, 0.1) is 0 Å². The van der Waals surface area contributed by atoms with Crippen LogP contribution in [0.3, 0.4) is 0 Å². The highest BCUT2D eigenvalue weighted by atomic mass is 16.3. The van der Waals surface area contributed by atoms with Crippen molar-refractivity contribution in [1.29, 1.82) is 0 Å². The minimum absolute atomic E-state index is 0.391. The van der Waals surface area contributed by atoms with Crippen LogP contribution in [-0.4, -0.2) is 0 Å². The Morgan fingerprint density at radius 1 is 0.308 bits per heavy atom. The first kappa shape index (κ1) is 28.0. The Morgan fingerprint density at radius 3 is 1.35 bits per heavy atom. The molecule has 0 N–H and O–H groups in total. The fourth-order valence-corrected chi connectivity index (χ4v) is 9.92. The first-order valence-corrected chi connectivity index (χ1v) is 18.1. The third kappa shape index (κ3) is 3.43. The van der Waals surface area contributed by atoms with Crippen LogP contribution in [0.2, 0.25) is 0 Å². The summed E-state index contributed by atoms with van der Waals surface area (Å²) < 4.78 is 6.64. The van der Waals surface area contributed by atoms with Gasteiger partial charge in [-0.3, -0.25) is 0 Å². The van der Waals surface area contributed by atoms with E-state index in [9.17, 15) is 0 Å². The Labute approximate surface area is 301 Å². The second-order valence-corrected chi connectivity index (χ2v) is 14.3. The van der Waals surface area contributed by atoms with Crippen LogP contribution in [0.4, 0.5) is 0 Å². The van der Waals surface area contributed by atoms with Crippen LogP contribution >= 0.6 is 0 Å². The molecule has 2 aliphatic rings. The molecule has 0 saturated carbocycles. The molecule has 10 aromatic rings. The van der Waals surface area contributed by atoms with Crippen LogP contribution in [0.15, 0.2) is 186 Å². The first-order valence-electron chi connectivity index (χ1n) is 18.1. The molecule has 1 aromatic heterocycles. The summed E-state index contributed by atoms with van der Waals surface area (Å²) in [4.78, 5) is 0. The van der Waals surface area contributed by atoms with Gasteiger partial charge in [-0.05, 0) is 89.3 Å². The average Bonchev–Trinajstić information content (AvgIpc) is 3.84. The minimum Gasteiger partial charge on any atom is -0.455 e. The molecule has 0 fully saturated rings. The lowest BCUT2D eigenvalue weighted by Gasteiger charge is -2.30. The van der Waals surface area contributed by atoms with Crippen LogP contribution in [0.25, 0.3) is 88.0 Å². The van der Waals surface area contributed by atoms with Gasteiger partial charge in [-0.25, -0.2) is 0 Å². The highest BCUT2D eigenvalue weighted by Gasteiger charge is 2.51. The molecule has 12 rings (SSSR count). The van der Waals surface area contributed by atoms with E-state index in [2.05, 4.69) is 176 Å². The van der Waals surface area contributed by atoms with Gasteiger partial charge in [-0.2, -0.15) is 0 Å². The van der Waals surface area contributed by atoms with Crippen LogP contribution in [-0.2, 0) is 5.41 Å². The second kappa shape index (κ2) is 10.2. The lowest BCUT2D eigenvalue weighted by Crippen LogP contribution is -2.25. The predicted octanol–water partition coefficient (Wildman–Crippen LogP) is 13.6. The van der Waals surface area contributed by atoms with Crippen LogP contribution in [0.5, 0.6) is 0 Å². The Hall–Kier alpha value is -6.70. The number of fused-ring (bicyclic) bond motifs is 15. The summed E-state index contributed by atoms with van der Waals surface area (Å²) in [6.45, 7) is 0. The molecule has 52 heavy (non-hydrogen) atoms. The first-order chi connectivity index (χ1) is 25.8. The molecule has 1 nitrogen and oxygen atoms in total. The Kier molecular flexibility index (Phi) is 5.49. The third-order valence-corrected chi connectivity index (χ3v) is 11.9. The molecule has 0 atom stereocenters. The molecule has 0 aliphatic heterocycles. The Bertz CT molecular complexity index is 3020. The summed E-state index contributed by atoms with van der Waals surface area (Å²) in [5, 5.41) is 7.21. The zero-order valence-corrected chi connectivity index (χ0v) is 28.2. The van der Waals surface area contributed by atoms with Crippen LogP contribution in [0.1, 0.15) is 22.3 Å². The lowest BCUT2D eigenvalue weighted by atomic mass is 9.70. The highest BCUT2D eigenvalue weighted by molar-refractivity contribution is 6.24. The largest absolute Gasteiger partial charge is 0.455 e. The molecule has 0 amide bonds. The van der Waals surface area contributed by atoms with Gasteiger partial charge in [0.05, 0.1) is 5.41 Å². The molecule has 1 heterocycles. The molecule has 9 aromatic carbocycles. The SMILES string of the molecule is c1ccc2c(c1)-c1ccccc1C21c2ccccc2-c2ccc(-c3c4ccccc4c(-c4cccc5c4oc4ccccc45)c4ccccc34)cc21. The van der Waals surface area contributed by atoms with E-state index in [0.29, 0.717) is 0 Å². The fraction of sp³-hybridized carbons (Fsp3) is 0.0196. The Morgan fingerprint density at radius 2 is 0.750 bits per heavy atom. The van der Waals surface area contributed by atoms with Crippen LogP contribution < -0.4 is 0 Å². The van der Waals surface area contributed by atoms with Crippen molar-refractivity contribution >= 4 is 43.5 Å². The van der Waals surface area contributed by atoms with E-state index in [-0.39, 0.29) is 0 Å². The van der Waals surface area contributed by atoms with Crippen molar-refractivity contribution in [1.82, 2.24) is 0 Å². The second-order valence-electron chi connectivity index (χ2n) is 14.3. The van der Waals surface area contributed by atoms with Gasteiger partial charge in [0.1, 0.15) is 11.2 Å². The summed E-state index contributed by atoms with van der Waals surface area (Å²) in [6.07, 6.45) is 0. The fourth-order valence-electron chi connectivity index (χ4n) is 9.92. The van der Waals surface area contributed by atoms with Gasteiger partial charge in [0.25, 0.3) is 0 Å². The smallest absolute Gasteiger partial charge is 0.143 e. The molecule has 1 heteroatoms. The zero-order valence-electron chi connectivity index (χ0n) is 28.2. The van der Waals surface area contributed by atoms with E-state index in [1.807, 2.05) is 6.07 Å². The van der Waals surface area contributed by atoms with E-state index >= 15 is 0 Å². The van der Waals surface area contributed by atoms with E-state index in [1.165, 1.54) is 82.7 Å². The minimum atomic E-state index is -0.391. The summed E-state index contributed by atoms with van der Waals surface area (Å²) in [5.41, 5.74) is 17.0. The van der Waals surface area contributed by atoms with E-state index in [1.54, 1.807) is 0 Å². The van der Waals surface area contributed by atoms with E-state index < -0.39 is 5.41 Å². The van der Waals surface area contributed by atoms with Gasteiger partial charge in [0, 0.05) is 21.9 Å². The van der Waals surface area contributed by atoms with E-state index in [0.717, 1.165) is 27.5 Å². The normalized spacial score (nSPS) is 13.5. The van der Waals surface area contributed by atoms with Gasteiger partial charge >= 0.3 is 0 Å². The van der Waals surface area contributed by atoms with Gasteiger partial charge in [-0.15, -0.1) is 0 Å². The molecular weight excluding hydrogens is 629 g/mol. The standard InChI is InChI=1S/C51H30O/c1-3-20-39-37(18-1)48(38-19-2-4-21-40(38)49(39)42-23-13-22-41-36-17-8-12-27-47(36)52-50(41)42)31-28-29-35-34-16-7-11-26-45(34)51(46(35)30-31)43-24-9-5-14-32(43)33-15-6-10-25-44(33)51/h1-30H. The lowest BCUT2D eigenvalue weighted by molar-refractivity contribution is 0.670. The van der Waals surface area contributed by atoms with Crippen molar-refractivity contribution in [3.05, 3.63) is 204 Å². The quantitative estimate of drug-likeness (QED) is 0.169. The van der Waals surface area contributed by atoms with Crippen molar-refractivity contribution in [2.45, 2.75) is 5.41 Å². The molecule has 240 valence electrons. The van der Waals surface area contributed by atoms with Crippen molar-refractivity contribution in [3.63, 3.8) is 0 Å². The average molecular weight is 659 g/mol. The maximum Gasteiger partial charge on any atom is 0.143 e. The summed E-state index contributed by atoms with van der Waals surface area (Å²) in [5.74, 6) is 0. The molecular formula is C51H30O. The van der Waals surface area contributed by atoms with Gasteiger partial charge in [0.15, 0.2) is 0 Å². The number of furan rings is 1. The molecule has 2 aliphatic carbocycles. The summed E-state index contributed by atoms with van der Waals surface area (Å²) in [6, 6.07) is 67.2. The predicted molar refractivity (Wildman–Crippen MR) is 216 cm³/mol. The molecule has 1 spiro atoms. The van der Waals surface area contributed by atoms with E-state index in [4.69, 9.17) is 4.42 Å². The van der Waals surface area contributed by atoms with Gasteiger partial charge < -0.3 is 4.42 Å². The molecule has 0 unspecified atom stereocenters. The zero-order chi connectivity index (χ0) is 34.0. The number of para-hydroxylation sites is 2. The summed E-state index contributed by atoms with van der Waals surface area (Å²) in [7, 11) is 0. The number of hydrogen-bond acceptors (Lipinski definition) is 1. The van der Waals surface area contributed by atoms with Crippen molar-refractivity contribution in [3.8, 4) is 44.5 Å². The summed E-state index contributed by atoms with van der Waals surface area (Å²) >= 11 is 0. The highest BCUT2D eigenvalue weighted by Crippen LogP contribution is 2.63. The number of hydrogen-bond donors (Lipinski definition) is 0. The number of benzene rings is 9. The monoisotopic (exact) mass is 658 g/mol. The van der Waals surface area contributed by atoms with Crippen molar-refractivity contribution < 1.29 is 4.42 Å². The molecule has 0 bridgehead atoms. The van der Waals surface area contributed by atoms with Gasteiger partial charge in [0.2, 0.25) is 0 Å². The maximum absolute atomic E-state index is 6.64. The topological polar surface area (TPSA) is 13.1 Å². The molecule has 0 saturated heterocycles. The Balaban J connectivity index is 1.18. The molecule has 0 radical (unpaired) electrons. The third-order valence-electron chi connectivity index (χ3n) is 11.9. The van der Waals surface area contributed by atoms with Crippen molar-refractivity contribution in [2.24, 2.45) is 0 Å².